The van der Waals surface area contributed by atoms with Crippen molar-refractivity contribution in [1.82, 2.24) is 5.32 Å². The topological polar surface area (TPSA) is 98.0 Å². The lowest BCUT2D eigenvalue weighted by Gasteiger charge is -2.15. The molecule has 0 bridgehead atoms. The number of carbonyl (C=O) groups excluding carboxylic acids is 1. The minimum Gasteiger partial charge on any atom is -0.490 e. The van der Waals surface area contributed by atoms with Crippen molar-refractivity contribution in [3.8, 4) is 11.5 Å². The second-order valence-corrected chi connectivity index (χ2v) is 6.56. The van der Waals surface area contributed by atoms with Crippen LogP contribution in [0.1, 0.15) is 41.6 Å². The number of aryl methyl sites for hydroxylation is 1. The molecule has 7 nitrogen and oxygen atoms in total. The number of hydrogen-bond donors (Lipinski definition) is 2. The van der Waals surface area contributed by atoms with Crippen LogP contribution in [0.15, 0.2) is 46.9 Å². The van der Waals surface area contributed by atoms with Crippen LogP contribution < -0.4 is 14.8 Å². The quantitative estimate of drug-likeness (QED) is 0.594. The Morgan fingerprint density at radius 2 is 1.90 bits per heavy atom. The zero-order valence-corrected chi connectivity index (χ0v) is 16.5. The van der Waals surface area contributed by atoms with Crippen molar-refractivity contribution >= 4 is 22.8 Å². The molecule has 3 rings (SSSR count). The summed E-state index contributed by atoms with van der Waals surface area (Å²) in [5.74, 6) is -0.112. The molecule has 1 unspecified atom stereocenters. The van der Waals surface area contributed by atoms with E-state index in [2.05, 4.69) is 5.32 Å². The van der Waals surface area contributed by atoms with Gasteiger partial charge in [-0.05, 0) is 45.0 Å². The molecule has 2 N–H and O–H groups in total. The SMILES string of the molecule is CCOc1cc(C(=O)NC(C)c2oc3ccccc3c2C)ccc1OCC(=O)O. The van der Waals surface area contributed by atoms with E-state index in [1.807, 2.05) is 38.1 Å². The number of furan rings is 1. The molecule has 0 aliphatic rings. The van der Waals surface area contributed by atoms with Gasteiger partial charge in [0, 0.05) is 16.5 Å². The molecule has 1 amide bonds. The fourth-order valence-electron chi connectivity index (χ4n) is 3.13. The standard InChI is InChI=1S/C22H23NO6/c1-4-27-19-11-15(9-10-18(19)28-12-20(24)25)22(26)23-14(3)21-13(2)16-7-5-6-8-17(16)29-21/h5-11,14H,4,12H2,1-3H3,(H,23,26)(H,24,25). The molecule has 0 fully saturated rings. The second kappa shape index (κ2) is 8.68. The van der Waals surface area contributed by atoms with Crippen LogP contribution in [0.3, 0.4) is 0 Å². The van der Waals surface area contributed by atoms with Gasteiger partial charge in [-0.15, -0.1) is 0 Å². The Bertz CT molecular complexity index is 1040. The number of fused-ring (bicyclic) bond motifs is 1. The van der Waals surface area contributed by atoms with Gasteiger partial charge in [0.15, 0.2) is 18.1 Å². The predicted octanol–water partition coefficient (Wildman–Crippen LogP) is 4.09. The average Bonchev–Trinajstić information content (AvgIpc) is 3.04. The summed E-state index contributed by atoms with van der Waals surface area (Å²) in [4.78, 5) is 23.5. The molecule has 3 aromatic rings. The van der Waals surface area contributed by atoms with Gasteiger partial charge in [0.1, 0.15) is 11.3 Å². The summed E-state index contributed by atoms with van der Waals surface area (Å²) in [5.41, 5.74) is 2.14. The number of benzene rings is 2. The van der Waals surface area contributed by atoms with E-state index in [0.717, 1.165) is 16.5 Å². The van der Waals surface area contributed by atoms with Gasteiger partial charge < -0.3 is 24.3 Å². The number of hydrogen-bond acceptors (Lipinski definition) is 5. The first-order valence-corrected chi connectivity index (χ1v) is 9.31. The normalized spacial score (nSPS) is 11.8. The van der Waals surface area contributed by atoms with Gasteiger partial charge in [0.05, 0.1) is 12.6 Å². The number of carbonyl (C=O) groups is 2. The molecule has 1 aromatic heterocycles. The van der Waals surface area contributed by atoms with Crippen LogP contribution in [0.5, 0.6) is 11.5 Å². The minimum absolute atomic E-state index is 0.270. The highest BCUT2D eigenvalue weighted by Crippen LogP contribution is 2.31. The van der Waals surface area contributed by atoms with Gasteiger partial charge in [-0.3, -0.25) is 4.79 Å². The van der Waals surface area contributed by atoms with Crippen LogP contribution in [-0.4, -0.2) is 30.2 Å². The number of ether oxygens (including phenoxy) is 2. The molecule has 0 spiro atoms. The first-order chi connectivity index (χ1) is 13.9. The molecule has 0 saturated heterocycles. The van der Waals surface area contributed by atoms with Crippen molar-refractivity contribution in [3.63, 3.8) is 0 Å². The van der Waals surface area contributed by atoms with Crippen molar-refractivity contribution in [3.05, 3.63) is 59.4 Å². The van der Waals surface area contributed by atoms with Crippen LogP contribution in [0.2, 0.25) is 0 Å². The summed E-state index contributed by atoms with van der Waals surface area (Å²) < 4.78 is 16.6. The lowest BCUT2D eigenvalue weighted by atomic mass is 10.1. The molecule has 0 aliphatic heterocycles. The van der Waals surface area contributed by atoms with E-state index in [1.165, 1.54) is 12.1 Å². The van der Waals surface area contributed by atoms with E-state index in [9.17, 15) is 9.59 Å². The summed E-state index contributed by atoms with van der Waals surface area (Å²) in [6.45, 7) is 5.47. The van der Waals surface area contributed by atoms with E-state index < -0.39 is 12.6 Å². The van der Waals surface area contributed by atoms with Gasteiger partial charge in [0.25, 0.3) is 5.91 Å². The van der Waals surface area contributed by atoms with E-state index in [1.54, 1.807) is 13.0 Å². The first kappa shape index (κ1) is 20.3. The average molecular weight is 397 g/mol. The Kier molecular flexibility index (Phi) is 6.07. The second-order valence-electron chi connectivity index (χ2n) is 6.56. The summed E-state index contributed by atoms with van der Waals surface area (Å²) >= 11 is 0. The Hall–Kier alpha value is -3.48. The monoisotopic (exact) mass is 397 g/mol. The zero-order chi connectivity index (χ0) is 21.0. The number of aliphatic carboxylic acids is 1. The van der Waals surface area contributed by atoms with Crippen molar-refractivity contribution in [1.29, 1.82) is 0 Å². The molecule has 0 radical (unpaired) electrons. The summed E-state index contributed by atoms with van der Waals surface area (Å²) in [7, 11) is 0. The van der Waals surface area contributed by atoms with E-state index in [0.29, 0.717) is 23.7 Å². The first-order valence-electron chi connectivity index (χ1n) is 9.31. The molecule has 7 heteroatoms. The molecule has 29 heavy (non-hydrogen) atoms. The minimum atomic E-state index is -1.09. The van der Waals surface area contributed by atoms with Gasteiger partial charge in [-0.25, -0.2) is 4.79 Å². The Labute approximate surface area is 168 Å². The maximum Gasteiger partial charge on any atom is 0.341 e. The van der Waals surface area contributed by atoms with Gasteiger partial charge in [-0.1, -0.05) is 18.2 Å². The highest BCUT2D eigenvalue weighted by molar-refractivity contribution is 5.95. The molecule has 152 valence electrons. The number of nitrogens with one attached hydrogen (secondary N) is 1. The number of para-hydroxylation sites is 1. The maximum atomic E-state index is 12.7. The Balaban J connectivity index is 1.79. The van der Waals surface area contributed by atoms with Gasteiger partial charge in [-0.2, -0.15) is 0 Å². The lowest BCUT2D eigenvalue weighted by molar-refractivity contribution is -0.139. The third-order valence-corrected chi connectivity index (χ3v) is 4.48. The third kappa shape index (κ3) is 4.51. The Morgan fingerprint density at radius 1 is 1.14 bits per heavy atom. The number of amides is 1. The van der Waals surface area contributed by atoms with Gasteiger partial charge >= 0.3 is 5.97 Å². The van der Waals surface area contributed by atoms with Crippen molar-refractivity contribution in [2.24, 2.45) is 0 Å². The molecule has 2 aromatic carbocycles. The van der Waals surface area contributed by atoms with Crippen LogP contribution >= 0.6 is 0 Å². The summed E-state index contributed by atoms with van der Waals surface area (Å²) in [6.07, 6.45) is 0. The summed E-state index contributed by atoms with van der Waals surface area (Å²) in [5, 5.41) is 12.7. The largest absolute Gasteiger partial charge is 0.490 e. The highest BCUT2D eigenvalue weighted by atomic mass is 16.5. The smallest absolute Gasteiger partial charge is 0.341 e. The number of carboxylic acids is 1. The Morgan fingerprint density at radius 3 is 2.59 bits per heavy atom. The molecule has 1 atom stereocenters. The van der Waals surface area contributed by atoms with Crippen LogP contribution in [0, 0.1) is 6.92 Å². The molecule has 0 saturated carbocycles. The van der Waals surface area contributed by atoms with E-state index >= 15 is 0 Å². The fraction of sp³-hybridized carbons (Fsp3) is 0.273. The van der Waals surface area contributed by atoms with Crippen LogP contribution in [0.25, 0.3) is 11.0 Å². The maximum absolute atomic E-state index is 12.7. The van der Waals surface area contributed by atoms with Crippen molar-refractivity contribution < 1.29 is 28.6 Å². The highest BCUT2D eigenvalue weighted by Gasteiger charge is 2.20. The fourth-order valence-corrected chi connectivity index (χ4v) is 3.13. The van der Waals surface area contributed by atoms with Crippen molar-refractivity contribution in [2.75, 3.05) is 13.2 Å². The molecule has 1 heterocycles. The number of rotatable bonds is 8. The number of carboxylic acid groups (broad SMARTS) is 1. The molecule has 0 aliphatic carbocycles. The zero-order valence-electron chi connectivity index (χ0n) is 16.5. The van der Waals surface area contributed by atoms with Crippen LogP contribution in [0.4, 0.5) is 0 Å². The van der Waals surface area contributed by atoms with Crippen LogP contribution in [-0.2, 0) is 4.79 Å². The van der Waals surface area contributed by atoms with E-state index in [4.69, 9.17) is 19.0 Å². The lowest BCUT2D eigenvalue weighted by Crippen LogP contribution is -2.26. The summed E-state index contributed by atoms with van der Waals surface area (Å²) in [6, 6.07) is 12.0. The van der Waals surface area contributed by atoms with Gasteiger partial charge in [0.2, 0.25) is 0 Å². The predicted molar refractivity (Wildman–Crippen MR) is 108 cm³/mol. The van der Waals surface area contributed by atoms with Crippen molar-refractivity contribution in [2.45, 2.75) is 26.8 Å². The third-order valence-electron chi connectivity index (χ3n) is 4.48. The molecular formula is C22H23NO6. The van der Waals surface area contributed by atoms with E-state index in [-0.39, 0.29) is 17.7 Å². The molecular weight excluding hydrogens is 374 g/mol.